The molecule has 2 heterocycles. The summed E-state index contributed by atoms with van der Waals surface area (Å²) in [5.41, 5.74) is 5.18. The Bertz CT molecular complexity index is 1840. The van der Waals surface area contributed by atoms with Crippen LogP contribution in [0.1, 0.15) is 49.3 Å². The molecule has 0 bridgehead atoms. The van der Waals surface area contributed by atoms with Crippen LogP contribution >= 0.6 is 11.3 Å². The predicted octanol–water partition coefficient (Wildman–Crippen LogP) is 5.35. The minimum absolute atomic E-state index is 0.0143. The van der Waals surface area contributed by atoms with Gasteiger partial charge in [0.15, 0.2) is 5.57 Å². The van der Waals surface area contributed by atoms with E-state index in [-0.39, 0.29) is 28.0 Å². The number of hydrogen-bond donors (Lipinski definition) is 0. The van der Waals surface area contributed by atoms with Crippen LogP contribution in [0.25, 0.3) is 17.7 Å². The molecule has 0 saturated heterocycles. The van der Waals surface area contributed by atoms with Crippen molar-refractivity contribution >= 4 is 52.4 Å². The second kappa shape index (κ2) is 16.9. The van der Waals surface area contributed by atoms with E-state index in [9.17, 15) is 19.6 Å². The summed E-state index contributed by atoms with van der Waals surface area (Å²) in [5, 5.41) is 9.76. The highest BCUT2D eigenvalue weighted by Gasteiger charge is 2.21. The lowest BCUT2D eigenvalue weighted by Crippen LogP contribution is -2.36. The molecule has 8 nitrogen and oxygen atoms in total. The number of ether oxygens (including phenoxy) is 2. The molecule has 1 aromatic heterocycles. The van der Waals surface area contributed by atoms with Gasteiger partial charge in [0.25, 0.3) is 5.56 Å². The number of aromatic nitrogens is 1. The number of rotatable bonds is 14. The Labute approximate surface area is 273 Å². The number of nitrogens with zero attached hydrogens (tertiary/aromatic N) is 3. The number of para-hydroxylation sites is 1. The number of allylic oxidation sites excluding steroid dienone is 1. The van der Waals surface area contributed by atoms with Crippen molar-refractivity contribution in [3.63, 3.8) is 0 Å². The number of carbonyl (C=O) groups excluding carboxylic acids is 2. The number of nitriles is 1. The Hall–Kier alpha value is -4.94. The number of hydrogen-bond acceptors (Lipinski definition) is 8. The van der Waals surface area contributed by atoms with E-state index in [1.165, 1.54) is 53.9 Å². The predicted molar refractivity (Wildman–Crippen MR) is 184 cm³/mol. The fourth-order valence-corrected chi connectivity index (χ4v) is 6.36. The number of fused-ring (bicyclic) bond motifs is 2. The third-order valence-electron chi connectivity index (χ3n) is 7.53. The molecule has 1 aliphatic rings. The lowest BCUT2D eigenvalue weighted by Gasteiger charge is -2.27. The van der Waals surface area contributed by atoms with E-state index in [0.29, 0.717) is 0 Å². The zero-order chi connectivity index (χ0) is 32.9. The lowest BCUT2D eigenvalue weighted by molar-refractivity contribution is -0.143. The van der Waals surface area contributed by atoms with Crippen molar-refractivity contribution in [1.29, 1.82) is 5.26 Å². The normalized spacial score (nSPS) is 13.3. The highest BCUT2D eigenvalue weighted by molar-refractivity contribution is 7.07. The molecule has 46 heavy (non-hydrogen) atoms. The van der Waals surface area contributed by atoms with E-state index >= 15 is 0 Å². The Morgan fingerprint density at radius 3 is 2.50 bits per heavy atom. The molecule has 0 unspecified atom stereocenters. The van der Waals surface area contributed by atoms with E-state index in [1.54, 1.807) is 12.2 Å². The molecule has 238 valence electrons. The average Bonchev–Trinajstić information content (AvgIpc) is 3.26. The first-order valence-corrected chi connectivity index (χ1v) is 16.3. The van der Waals surface area contributed by atoms with Crippen LogP contribution in [-0.4, -0.2) is 36.3 Å². The van der Waals surface area contributed by atoms with Gasteiger partial charge in [-0.15, -0.1) is 11.3 Å². The summed E-state index contributed by atoms with van der Waals surface area (Å²) < 4.78 is 11.4. The van der Waals surface area contributed by atoms with Gasteiger partial charge < -0.3 is 14.4 Å². The maximum absolute atomic E-state index is 13.4. The van der Waals surface area contributed by atoms with Gasteiger partial charge in [-0.2, -0.15) is 5.26 Å². The largest absolute Gasteiger partial charge is 0.460 e. The Morgan fingerprint density at radius 1 is 1.00 bits per heavy atom. The molecule has 0 fully saturated rings. The smallest absolute Gasteiger partial charge is 0.352 e. The van der Waals surface area contributed by atoms with E-state index in [1.807, 2.05) is 12.1 Å². The van der Waals surface area contributed by atoms with Crippen LogP contribution in [0.5, 0.6) is 0 Å². The van der Waals surface area contributed by atoms with Gasteiger partial charge >= 0.3 is 11.9 Å². The second-order valence-corrected chi connectivity index (χ2v) is 11.8. The molecule has 1 aliphatic heterocycles. The third-order valence-corrected chi connectivity index (χ3v) is 8.68. The standard InChI is InChI=1S/C37H39N3O5S/c1-4-7-8-11-21-39-31-15-10-9-14-28(31)18-19-29-24-27(17-20-32(29)39)13-12-16-33-35(42)40(26-34(41)44-22-5-2)36(46-33)30(25-38)37(43)45-23-6-3/h5-6,9-10,12-17,20,24H,2-4,7-8,11,18-19,21-23,26H2,1H3/b13-12+,33-16-,36-30+. The second-order valence-electron chi connectivity index (χ2n) is 10.8. The van der Waals surface area contributed by atoms with Crippen molar-refractivity contribution in [2.24, 2.45) is 0 Å². The molecule has 0 radical (unpaired) electrons. The summed E-state index contributed by atoms with van der Waals surface area (Å²) in [7, 11) is 0. The molecule has 4 rings (SSSR count). The van der Waals surface area contributed by atoms with Gasteiger partial charge in [0.05, 0.1) is 4.53 Å². The van der Waals surface area contributed by atoms with Gasteiger partial charge in [-0.05, 0) is 60.2 Å². The van der Waals surface area contributed by atoms with Crippen molar-refractivity contribution in [1.82, 2.24) is 4.57 Å². The zero-order valence-electron chi connectivity index (χ0n) is 26.2. The maximum Gasteiger partial charge on any atom is 0.352 e. The molecule has 0 saturated carbocycles. The number of esters is 2. The number of thiazole rings is 1. The quantitative estimate of drug-likeness (QED) is 0.133. The number of aryl methyl sites for hydroxylation is 2. The number of unbranched alkanes of at least 4 members (excludes halogenated alkanes) is 3. The minimum atomic E-state index is -0.912. The molecule has 0 amide bonds. The first-order valence-electron chi connectivity index (χ1n) is 15.5. The zero-order valence-corrected chi connectivity index (χ0v) is 27.0. The summed E-state index contributed by atoms with van der Waals surface area (Å²) in [6.07, 6.45) is 14.7. The van der Waals surface area contributed by atoms with Crippen molar-refractivity contribution in [2.75, 3.05) is 24.7 Å². The van der Waals surface area contributed by atoms with Gasteiger partial charge in [0.2, 0.25) is 0 Å². The maximum atomic E-state index is 13.4. The van der Waals surface area contributed by atoms with E-state index in [2.05, 4.69) is 67.4 Å². The number of carbonyl (C=O) groups is 2. The van der Waals surface area contributed by atoms with E-state index in [0.717, 1.165) is 47.3 Å². The molecule has 3 aromatic rings. The van der Waals surface area contributed by atoms with Crippen LogP contribution in [0.15, 0.2) is 78.6 Å². The van der Waals surface area contributed by atoms with Crippen LogP contribution in [-0.2, 0) is 38.4 Å². The number of anilines is 2. The fourth-order valence-electron chi connectivity index (χ4n) is 5.32. The van der Waals surface area contributed by atoms with Gasteiger partial charge in [0.1, 0.15) is 30.5 Å². The van der Waals surface area contributed by atoms with Crippen LogP contribution in [0, 0.1) is 11.3 Å². The van der Waals surface area contributed by atoms with Gasteiger partial charge in [0, 0.05) is 17.9 Å². The molecule has 2 aromatic carbocycles. The monoisotopic (exact) mass is 637 g/mol. The van der Waals surface area contributed by atoms with Crippen molar-refractivity contribution in [3.8, 4) is 6.07 Å². The average molecular weight is 638 g/mol. The van der Waals surface area contributed by atoms with E-state index < -0.39 is 24.0 Å². The van der Waals surface area contributed by atoms with Gasteiger partial charge in [-0.3, -0.25) is 14.2 Å². The summed E-state index contributed by atoms with van der Waals surface area (Å²) >= 11 is 0.934. The fraction of sp³-hybridized carbons (Fsp3) is 0.297. The van der Waals surface area contributed by atoms with Crippen molar-refractivity contribution in [2.45, 2.75) is 52.0 Å². The third kappa shape index (κ3) is 8.40. The van der Waals surface area contributed by atoms with Crippen LogP contribution < -0.4 is 19.7 Å². The highest BCUT2D eigenvalue weighted by atomic mass is 32.1. The molecule has 0 atom stereocenters. The summed E-state index contributed by atoms with van der Waals surface area (Å²) in [4.78, 5) is 40.8. The van der Waals surface area contributed by atoms with Gasteiger partial charge in [-0.1, -0.05) is 87.9 Å². The Balaban J connectivity index is 1.68. The highest BCUT2D eigenvalue weighted by Crippen LogP contribution is 2.37. The number of benzene rings is 2. The topological polar surface area (TPSA) is 102 Å². The molecule has 9 heteroatoms. The Morgan fingerprint density at radius 2 is 1.74 bits per heavy atom. The van der Waals surface area contributed by atoms with E-state index in [4.69, 9.17) is 9.47 Å². The van der Waals surface area contributed by atoms with Gasteiger partial charge in [-0.25, -0.2) is 4.79 Å². The molecule has 0 N–H and O–H groups in total. The molecular weight excluding hydrogens is 598 g/mol. The summed E-state index contributed by atoms with van der Waals surface area (Å²) in [6.45, 7) is 9.59. The van der Waals surface area contributed by atoms with Crippen LogP contribution in [0.2, 0.25) is 0 Å². The molecule has 0 aliphatic carbocycles. The Kier molecular flexibility index (Phi) is 12.5. The summed E-state index contributed by atoms with van der Waals surface area (Å²) in [6, 6.07) is 16.9. The van der Waals surface area contributed by atoms with Crippen LogP contribution in [0.4, 0.5) is 11.4 Å². The molecule has 0 spiro atoms. The van der Waals surface area contributed by atoms with Crippen LogP contribution in [0.3, 0.4) is 0 Å². The SMILES string of the molecule is C=CCOC(=O)Cn1c(=O)/c(=C/C=C/c2ccc3c(c2)CCc2ccccc2N3CCCCCC)s/c1=C(\C#N)C(=O)OCC=C. The molecular formula is C37H39N3O5S. The minimum Gasteiger partial charge on any atom is -0.460 e. The van der Waals surface area contributed by atoms with Crippen molar-refractivity contribution < 1.29 is 19.1 Å². The lowest BCUT2D eigenvalue weighted by atomic mass is 10.0. The first-order chi connectivity index (χ1) is 22.4. The van der Waals surface area contributed by atoms with Crippen molar-refractivity contribution in [3.05, 3.63) is 110 Å². The first kappa shape index (κ1) is 33.9. The summed E-state index contributed by atoms with van der Waals surface area (Å²) in [5.74, 6) is -1.61.